The van der Waals surface area contributed by atoms with Gasteiger partial charge in [0.2, 0.25) is 5.88 Å². The molecule has 0 radical (unpaired) electrons. The molecule has 1 aromatic carbocycles. The predicted octanol–water partition coefficient (Wildman–Crippen LogP) is 4.55. The number of halogens is 3. The van der Waals surface area contributed by atoms with Crippen LogP contribution in [0.3, 0.4) is 0 Å². The van der Waals surface area contributed by atoms with Crippen LogP contribution in [0.1, 0.15) is 42.6 Å². The highest BCUT2D eigenvalue weighted by Crippen LogP contribution is 2.45. The topological polar surface area (TPSA) is 108 Å². The van der Waals surface area contributed by atoms with Crippen molar-refractivity contribution in [1.82, 2.24) is 29.5 Å². The molecule has 0 bridgehead atoms. The molecule has 1 atom stereocenters. The number of hydrogen-bond donors (Lipinski definition) is 0. The van der Waals surface area contributed by atoms with E-state index in [1.807, 2.05) is 0 Å². The summed E-state index contributed by atoms with van der Waals surface area (Å²) >= 11 is 0. The van der Waals surface area contributed by atoms with Crippen LogP contribution in [0.25, 0.3) is 22.8 Å². The van der Waals surface area contributed by atoms with Crippen LogP contribution in [-0.4, -0.2) is 48.6 Å². The van der Waals surface area contributed by atoms with E-state index in [1.54, 1.807) is 31.2 Å². The van der Waals surface area contributed by atoms with Gasteiger partial charge in [-0.05, 0) is 25.3 Å². The Kier molecular flexibility index (Phi) is 6.15. The predicted molar refractivity (Wildman–Crippen MR) is 137 cm³/mol. The van der Waals surface area contributed by atoms with E-state index in [2.05, 4.69) is 19.9 Å². The van der Waals surface area contributed by atoms with E-state index in [4.69, 9.17) is 14.5 Å². The van der Waals surface area contributed by atoms with Gasteiger partial charge in [0, 0.05) is 24.7 Å². The Bertz CT molecular complexity index is 1600. The van der Waals surface area contributed by atoms with Crippen LogP contribution >= 0.6 is 0 Å². The zero-order valence-electron chi connectivity index (χ0n) is 21.8. The number of methoxy groups -OCH3 is 1. The maximum absolute atomic E-state index is 13.2. The SMILES string of the molecule is COc1ncnc(C2CC2)c1-c1ncc2c(n1)N(Cc1ccc(-c3nc(C(F)(F)F)cn3C)cc1)C(=O)C(C)O2. The molecule has 0 saturated heterocycles. The minimum atomic E-state index is -4.53. The van der Waals surface area contributed by atoms with Crippen LogP contribution in [0.5, 0.6) is 11.6 Å². The zero-order valence-corrected chi connectivity index (χ0v) is 21.8. The van der Waals surface area contributed by atoms with Gasteiger partial charge in [-0.15, -0.1) is 0 Å². The van der Waals surface area contributed by atoms with E-state index < -0.39 is 18.0 Å². The molecular weight excluding hydrogens is 527 g/mol. The maximum Gasteiger partial charge on any atom is 0.434 e. The summed E-state index contributed by atoms with van der Waals surface area (Å²) in [6, 6.07) is 6.83. The highest BCUT2D eigenvalue weighted by molar-refractivity contribution is 5.98. The number of imidazole rings is 1. The molecule has 3 aromatic heterocycles. The molecule has 6 rings (SSSR count). The van der Waals surface area contributed by atoms with Crippen molar-refractivity contribution in [2.45, 2.75) is 44.5 Å². The summed E-state index contributed by atoms with van der Waals surface area (Å²) in [5.74, 6) is 1.47. The Morgan fingerprint density at radius 1 is 1.10 bits per heavy atom. The quantitative estimate of drug-likeness (QED) is 0.344. The average Bonchev–Trinajstić information content (AvgIpc) is 3.71. The van der Waals surface area contributed by atoms with Crippen LogP contribution in [-0.2, 0) is 24.6 Å². The number of alkyl halides is 3. The summed E-state index contributed by atoms with van der Waals surface area (Å²) in [4.78, 5) is 36.4. The Balaban J connectivity index is 1.33. The van der Waals surface area contributed by atoms with Crippen molar-refractivity contribution in [3.05, 3.63) is 59.9 Å². The summed E-state index contributed by atoms with van der Waals surface area (Å²) in [6.07, 6.45) is 0.627. The maximum atomic E-state index is 13.2. The minimum absolute atomic E-state index is 0.155. The van der Waals surface area contributed by atoms with E-state index in [-0.39, 0.29) is 24.2 Å². The van der Waals surface area contributed by atoms with E-state index in [0.29, 0.717) is 34.4 Å². The first kappa shape index (κ1) is 25.7. The number of ether oxygens (including phenoxy) is 2. The second-order valence-corrected chi connectivity index (χ2v) is 9.74. The lowest BCUT2D eigenvalue weighted by molar-refractivity contribution is -0.140. The van der Waals surface area contributed by atoms with Gasteiger partial charge in [-0.2, -0.15) is 13.2 Å². The van der Waals surface area contributed by atoms with Crippen LogP contribution in [0.15, 0.2) is 43.0 Å². The lowest BCUT2D eigenvalue weighted by Gasteiger charge is -2.32. The van der Waals surface area contributed by atoms with Gasteiger partial charge in [-0.25, -0.2) is 24.9 Å². The number of fused-ring (bicyclic) bond motifs is 1. The van der Waals surface area contributed by atoms with Gasteiger partial charge in [0.05, 0.1) is 25.5 Å². The van der Waals surface area contributed by atoms with E-state index in [1.165, 1.54) is 36.1 Å². The van der Waals surface area contributed by atoms with Crippen molar-refractivity contribution in [1.29, 1.82) is 0 Å². The van der Waals surface area contributed by atoms with Crippen molar-refractivity contribution >= 4 is 11.7 Å². The largest absolute Gasteiger partial charge is 0.480 e. The molecule has 10 nitrogen and oxygen atoms in total. The number of carbonyl (C=O) groups excluding carboxylic acids is 1. The van der Waals surface area contributed by atoms with Gasteiger partial charge >= 0.3 is 6.18 Å². The van der Waals surface area contributed by atoms with Crippen LogP contribution in [0.4, 0.5) is 19.0 Å². The van der Waals surface area contributed by atoms with Crippen molar-refractivity contribution < 1.29 is 27.4 Å². The molecule has 13 heteroatoms. The number of amides is 1. The van der Waals surface area contributed by atoms with E-state index in [0.717, 1.165) is 30.3 Å². The molecule has 1 saturated carbocycles. The number of aromatic nitrogens is 6. The van der Waals surface area contributed by atoms with E-state index >= 15 is 0 Å². The molecular formula is C27H24F3N7O3. The summed E-state index contributed by atoms with van der Waals surface area (Å²) in [6.45, 7) is 1.80. The number of anilines is 1. The monoisotopic (exact) mass is 551 g/mol. The third kappa shape index (κ3) is 4.61. The summed E-state index contributed by atoms with van der Waals surface area (Å²) < 4.78 is 51.9. The summed E-state index contributed by atoms with van der Waals surface area (Å²) in [5.41, 5.74) is 1.67. The smallest absolute Gasteiger partial charge is 0.434 e. The molecule has 4 aromatic rings. The number of rotatable bonds is 6. The van der Waals surface area contributed by atoms with Gasteiger partial charge in [-0.1, -0.05) is 24.3 Å². The number of benzene rings is 1. The number of aryl methyl sites for hydroxylation is 1. The number of nitrogens with zero attached hydrogens (tertiary/aromatic N) is 7. The Labute approximate surface area is 226 Å². The second kappa shape index (κ2) is 9.57. The fraction of sp³-hybridized carbons (Fsp3) is 0.333. The Morgan fingerprint density at radius 3 is 2.50 bits per heavy atom. The molecule has 0 N–H and O–H groups in total. The van der Waals surface area contributed by atoms with Gasteiger partial charge < -0.3 is 14.0 Å². The Hall–Kier alpha value is -4.55. The molecule has 2 aliphatic rings. The highest BCUT2D eigenvalue weighted by Gasteiger charge is 2.36. The van der Waals surface area contributed by atoms with Crippen LogP contribution in [0, 0.1) is 0 Å². The Morgan fingerprint density at radius 2 is 1.85 bits per heavy atom. The average molecular weight is 552 g/mol. The zero-order chi connectivity index (χ0) is 28.2. The van der Waals surface area contributed by atoms with Gasteiger partial charge in [0.1, 0.15) is 17.7 Å². The molecule has 4 heterocycles. The molecule has 1 aliphatic heterocycles. The second-order valence-electron chi connectivity index (χ2n) is 9.74. The fourth-order valence-corrected chi connectivity index (χ4v) is 4.70. The van der Waals surface area contributed by atoms with Crippen LogP contribution < -0.4 is 14.4 Å². The van der Waals surface area contributed by atoms with Gasteiger partial charge in [-0.3, -0.25) is 9.69 Å². The molecule has 0 spiro atoms. The first-order valence-electron chi connectivity index (χ1n) is 12.6. The minimum Gasteiger partial charge on any atom is -0.480 e. The standard InChI is InChI=1S/C27H24F3N7O3/c1-14-26(38)37(11-15-4-6-17(7-5-15)23-34-19(12-36(23)2)27(28,29)30)24-18(40-14)10-31-22(35-24)20-21(16-8-9-16)32-13-33-25(20)39-3/h4-7,10,12-14,16H,8-9,11H2,1-3H3. The van der Waals surface area contributed by atoms with Gasteiger partial charge in [0.15, 0.2) is 29.2 Å². The number of hydrogen-bond acceptors (Lipinski definition) is 8. The molecule has 1 fully saturated rings. The summed E-state index contributed by atoms with van der Waals surface area (Å²) in [7, 11) is 3.02. The van der Waals surface area contributed by atoms with Crippen molar-refractivity contribution in [3.63, 3.8) is 0 Å². The van der Waals surface area contributed by atoms with Crippen molar-refractivity contribution in [3.8, 4) is 34.4 Å². The first-order chi connectivity index (χ1) is 19.1. The first-order valence-corrected chi connectivity index (χ1v) is 12.6. The normalized spacial score (nSPS) is 17.0. The van der Waals surface area contributed by atoms with Crippen LogP contribution in [0.2, 0.25) is 0 Å². The highest BCUT2D eigenvalue weighted by atomic mass is 19.4. The van der Waals surface area contributed by atoms with Crippen molar-refractivity contribution in [2.24, 2.45) is 7.05 Å². The molecule has 1 unspecified atom stereocenters. The summed E-state index contributed by atoms with van der Waals surface area (Å²) in [5, 5.41) is 0. The van der Waals surface area contributed by atoms with Crippen molar-refractivity contribution in [2.75, 3.05) is 12.0 Å². The lowest BCUT2D eigenvalue weighted by Crippen LogP contribution is -2.44. The fourth-order valence-electron chi connectivity index (χ4n) is 4.70. The molecule has 1 amide bonds. The molecule has 206 valence electrons. The molecule has 40 heavy (non-hydrogen) atoms. The van der Waals surface area contributed by atoms with E-state index in [9.17, 15) is 18.0 Å². The third-order valence-corrected chi connectivity index (χ3v) is 6.85. The molecule has 1 aliphatic carbocycles. The number of carbonyl (C=O) groups is 1. The van der Waals surface area contributed by atoms with Gasteiger partial charge in [0.25, 0.3) is 5.91 Å². The third-order valence-electron chi connectivity index (χ3n) is 6.85. The lowest BCUT2D eigenvalue weighted by atomic mass is 10.1.